The standard InChI is InChI=1S/C22H22Cl3N7O10P2S2/c23-7-1-9-10(2-8(7)24)32(22(25)30-9)21-15(34)17-12(40-21)4-38-43(35,45)41-16-11(3-37-44(36,46)42-17)39-20(14(16)33)31-6-29-13-18(26)27-5-28-19(13)31/h1-2,5-6,11-12,14-17,20-21,33-34H,3-4H2,(H,35,45)(H,36,46)(H2,26,27,28)/t11-,12-,14?,15?,16?,17?,20-,21-,43?,44?/m1/s1. The van der Waals surface area contributed by atoms with E-state index in [1.165, 1.54) is 33.9 Å². The molecule has 3 saturated heterocycles. The van der Waals surface area contributed by atoms with E-state index < -0.39 is 75.8 Å². The van der Waals surface area contributed by atoms with Crippen LogP contribution in [0.3, 0.4) is 0 Å². The van der Waals surface area contributed by atoms with E-state index in [4.69, 9.17) is 79.9 Å². The van der Waals surface area contributed by atoms with E-state index in [2.05, 4.69) is 32.2 Å². The number of ether oxygens (including phenoxy) is 2. The minimum atomic E-state index is -4.29. The number of anilines is 1. The summed E-state index contributed by atoms with van der Waals surface area (Å²) in [6, 6.07) is 2.97. The summed E-state index contributed by atoms with van der Waals surface area (Å²) in [7, 11) is 0. The molecule has 1 aromatic carbocycles. The van der Waals surface area contributed by atoms with Gasteiger partial charge in [-0.05, 0) is 35.5 Å². The number of hydrogen-bond donors (Lipinski definition) is 5. The van der Waals surface area contributed by atoms with Crippen molar-refractivity contribution in [1.82, 2.24) is 29.1 Å². The summed E-state index contributed by atoms with van der Waals surface area (Å²) < 4.78 is 50.8. The van der Waals surface area contributed by atoms with Gasteiger partial charge in [0.15, 0.2) is 23.9 Å². The lowest BCUT2D eigenvalue weighted by Crippen LogP contribution is -2.38. The molecule has 3 aliphatic heterocycles. The van der Waals surface area contributed by atoms with Gasteiger partial charge in [0, 0.05) is 0 Å². The summed E-state index contributed by atoms with van der Waals surface area (Å²) >= 11 is 28.1. The molecule has 0 radical (unpaired) electrons. The Kier molecular flexibility index (Phi) is 8.88. The van der Waals surface area contributed by atoms with E-state index in [0.717, 1.165) is 0 Å². The average Bonchev–Trinajstić information content (AvgIpc) is 3.71. The van der Waals surface area contributed by atoms with Gasteiger partial charge in [0.05, 0.1) is 40.6 Å². The van der Waals surface area contributed by atoms with E-state index in [1.54, 1.807) is 0 Å². The van der Waals surface area contributed by atoms with Gasteiger partial charge in [-0.1, -0.05) is 35.5 Å². The molecule has 17 nitrogen and oxygen atoms in total. The number of halogens is 3. The fraction of sp³-hybridized carbons (Fsp3) is 0.455. The maximum Gasteiger partial charge on any atom is 0.386 e. The Morgan fingerprint density at radius 2 is 1.63 bits per heavy atom. The number of nitrogens with two attached hydrogens (primary N) is 1. The number of thiol groups is 1. The van der Waals surface area contributed by atoms with E-state index in [-0.39, 0.29) is 32.3 Å². The first-order valence-electron chi connectivity index (χ1n) is 13.2. The summed E-state index contributed by atoms with van der Waals surface area (Å²) in [5, 5.41) is 23.0. The van der Waals surface area contributed by atoms with Crippen LogP contribution in [0.15, 0.2) is 24.8 Å². The zero-order valence-electron chi connectivity index (χ0n) is 22.7. The lowest BCUT2D eigenvalue weighted by molar-refractivity contribution is -0.0576. The number of aromatic nitrogens is 6. The van der Waals surface area contributed by atoms with Crippen molar-refractivity contribution in [3.05, 3.63) is 40.1 Å². The van der Waals surface area contributed by atoms with Gasteiger partial charge in [-0.2, -0.15) is 0 Å². The van der Waals surface area contributed by atoms with Crippen LogP contribution >= 0.6 is 60.6 Å². The number of rotatable bonds is 2. The van der Waals surface area contributed by atoms with Gasteiger partial charge in [-0.3, -0.25) is 22.7 Å². The number of nitrogens with zero attached hydrogens (tertiary/aromatic N) is 6. The van der Waals surface area contributed by atoms with Crippen LogP contribution in [0, 0.1) is 0 Å². The Morgan fingerprint density at radius 3 is 2.39 bits per heavy atom. The molecule has 0 spiro atoms. The molecule has 3 aromatic heterocycles. The van der Waals surface area contributed by atoms with Crippen LogP contribution in [-0.4, -0.2) is 94.0 Å². The molecule has 24 heteroatoms. The minimum Gasteiger partial charge on any atom is -0.386 e. The topological polar surface area (TPSA) is 221 Å². The smallest absolute Gasteiger partial charge is 0.386 e. The van der Waals surface area contributed by atoms with Crippen LogP contribution in [-0.2, 0) is 43.9 Å². The molecule has 0 aliphatic carbocycles. The minimum absolute atomic E-state index is 0.0909. The van der Waals surface area contributed by atoms with Gasteiger partial charge >= 0.3 is 13.5 Å². The van der Waals surface area contributed by atoms with Crippen LogP contribution in [0.25, 0.3) is 22.2 Å². The van der Waals surface area contributed by atoms with Gasteiger partial charge < -0.3 is 34.8 Å². The number of hydrogen-bond acceptors (Lipinski definition) is 15. The quantitative estimate of drug-likeness (QED) is 0.146. The van der Waals surface area contributed by atoms with Gasteiger partial charge in [-0.15, -0.1) is 0 Å². The van der Waals surface area contributed by atoms with E-state index >= 15 is 0 Å². The highest BCUT2D eigenvalue weighted by molar-refractivity contribution is 8.44. The van der Waals surface area contributed by atoms with Crippen molar-refractivity contribution in [3.63, 3.8) is 0 Å². The first-order chi connectivity index (χ1) is 21.7. The fourth-order valence-electron chi connectivity index (χ4n) is 5.47. The number of aliphatic hydroxyl groups is 2. The normalized spacial score (nSPS) is 37.2. The first kappa shape index (κ1) is 33.3. The van der Waals surface area contributed by atoms with Crippen molar-refractivity contribution in [1.29, 1.82) is 0 Å². The number of imidazole rings is 2. The van der Waals surface area contributed by atoms with Crippen LogP contribution in [0.2, 0.25) is 15.3 Å². The van der Waals surface area contributed by atoms with E-state index in [0.29, 0.717) is 11.0 Å². The van der Waals surface area contributed by atoms with Crippen molar-refractivity contribution < 1.29 is 47.2 Å². The maximum absolute atomic E-state index is 13.5. The lowest BCUT2D eigenvalue weighted by Gasteiger charge is -2.29. The van der Waals surface area contributed by atoms with Crippen molar-refractivity contribution >= 4 is 100 Å². The van der Waals surface area contributed by atoms with Crippen LogP contribution in [0.5, 0.6) is 0 Å². The highest BCUT2D eigenvalue weighted by Gasteiger charge is 2.53. The summed E-state index contributed by atoms with van der Waals surface area (Å²) in [5.74, 6) is 0.0996. The zero-order chi connectivity index (χ0) is 32.7. The first-order valence-corrected chi connectivity index (χ1v) is 19.6. The zero-order valence-corrected chi connectivity index (χ0v) is 28.5. The molecule has 5 N–H and O–H groups in total. The molecule has 6 heterocycles. The molecule has 3 fully saturated rings. The Balaban J connectivity index is 1.18. The fourth-order valence-corrected chi connectivity index (χ4v) is 9.00. The van der Waals surface area contributed by atoms with E-state index in [1.807, 2.05) is 0 Å². The Labute approximate surface area is 283 Å². The third kappa shape index (κ3) is 5.98. The van der Waals surface area contributed by atoms with E-state index in [9.17, 15) is 19.7 Å². The Morgan fingerprint density at radius 1 is 0.978 bits per heavy atom. The predicted octanol–water partition coefficient (Wildman–Crippen LogP) is 3.01. The van der Waals surface area contributed by atoms with Crippen molar-refractivity contribution in [3.8, 4) is 0 Å². The lowest BCUT2D eigenvalue weighted by atomic mass is 10.1. The highest BCUT2D eigenvalue weighted by Crippen LogP contribution is 2.58. The molecule has 7 rings (SSSR count). The van der Waals surface area contributed by atoms with Gasteiger partial charge in [0.2, 0.25) is 5.28 Å². The van der Waals surface area contributed by atoms with Crippen LogP contribution < -0.4 is 5.73 Å². The number of benzene rings is 1. The molecule has 0 amide bonds. The molecule has 46 heavy (non-hydrogen) atoms. The molecule has 10 atom stereocenters. The molecule has 0 saturated carbocycles. The van der Waals surface area contributed by atoms with Crippen molar-refractivity contribution in [2.45, 2.75) is 49.1 Å². The molecule has 0 bridgehead atoms. The third-order valence-electron chi connectivity index (χ3n) is 7.54. The number of aliphatic hydroxyl groups excluding tert-OH is 2. The SMILES string of the molecule is Nc1ncnc2c1ncn2[C@@H]1O[C@@H]2COP(O)(=S)OC3C(O)[C@H](n4c(Cl)nc5cc(Cl)c(Cl)cc54)O[C@@H]3COP(=O)(S)OC2C1O. The summed E-state index contributed by atoms with van der Waals surface area (Å²) in [4.78, 5) is 27.5. The van der Waals surface area contributed by atoms with Crippen LogP contribution in [0.4, 0.5) is 5.82 Å². The van der Waals surface area contributed by atoms with Crippen LogP contribution in [0.1, 0.15) is 12.5 Å². The molecule has 4 aromatic rings. The van der Waals surface area contributed by atoms with Gasteiger partial charge in [-0.25, -0.2) is 24.5 Å². The average molecular weight is 777 g/mol. The summed E-state index contributed by atoms with van der Waals surface area (Å²) in [6.07, 6.45) is -8.20. The summed E-state index contributed by atoms with van der Waals surface area (Å²) in [6.45, 7) is -9.53. The van der Waals surface area contributed by atoms with Gasteiger partial charge in [0.25, 0.3) is 0 Å². The van der Waals surface area contributed by atoms with Gasteiger partial charge in [0.1, 0.15) is 48.5 Å². The Bertz CT molecular complexity index is 1940. The maximum atomic E-state index is 13.5. The monoisotopic (exact) mass is 775 g/mol. The van der Waals surface area contributed by atoms with Crippen molar-refractivity contribution in [2.75, 3.05) is 18.9 Å². The van der Waals surface area contributed by atoms with Crippen molar-refractivity contribution in [2.24, 2.45) is 0 Å². The molecular formula is C22H22Cl3N7O10P2S2. The predicted molar refractivity (Wildman–Crippen MR) is 169 cm³/mol. The number of nitrogen functional groups attached to an aromatic ring is 1. The second-order valence-corrected chi connectivity index (χ2v) is 17.2. The highest BCUT2D eigenvalue weighted by atomic mass is 35.5. The molecule has 248 valence electrons. The molecule has 3 aliphatic rings. The second-order valence-electron chi connectivity index (χ2n) is 10.4. The Hall–Kier alpha value is -1.22. The molecular weight excluding hydrogens is 755 g/mol. The third-order valence-corrected chi connectivity index (χ3v) is 11.7. The molecule has 6 unspecified atom stereocenters. The second kappa shape index (κ2) is 12.3. The number of fused-ring (bicyclic) bond motifs is 4. The summed E-state index contributed by atoms with van der Waals surface area (Å²) in [5.41, 5.74) is 7.08. The largest absolute Gasteiger partial charge is 0.386 e.